The van der Waals surface area contributed by atoms with Crippen LogP contribution in [0, 0.1) is 11.6 Å². The van der Waals surface area contributed by atoms with Gasteiger partial charge in [0.25, 0.3) is 0 Å². The van der Waals surface area contributed by atoms with Gasteiger partial charge in [-0.2, -0.15) is 0 Å². The molecule has 102 valence electrons. The van der Waals surface area contributed by atoms with Crippen LogP contribution in [0.2, 0.25) is 0 Å². The third-order valence-electron chi connectivity index (χ3n) is 2.20. The van der Waals surface area contributed by atoms with Crippen molar-refractivity contribution in [1.82, 2.24) is 5.32 Å². The Morgan fingerprint density at radius 1 is 1.17 bits per heavy atom. The molecule has 3 nitrogen and oxygen atoms in total. The van der Waals surface area contributed by atoms with E-state index in [0.717, 1.165) is 0 Å². The van der Waals surface area contributed by atoms with Crippen molar-refractivity contribution in [2.45, 2.75) is 32.9 Å². The van der Waals surface area contributed by atoms with Crippen molar-refractivity contribution in [3.05, 3.63) is 29.3 Å². The molecule has 0 saturated heterocycles. The van der Waals surface area contributed by atoms with Crippen molar-refractivity contribution < 1.29 is 18.3 Å². The molecule has 1 aromatic carbocycles. The number of methoxy groups -OCH3 is 1. The summed E-state index contributed by atoms with van der Waals surface area (Å²) in [6.07, 6.45) is 0. The van der Waals surface area contributed by atoms with Crippen LogP contribution < -0.4 is 10.1 Å². The molecule has 0 unspecified atom stereocenters. The molecule has 0 atom stereocenters. The normalized spacial score (nSPS) is 11.7. The van der Waals surface area contributed by atoms with Crippen LogP contribution in [0.1, 0.15) is 26.3 Å². The first-order chi connectivity index (χ1) is 8.33. The Hall–Kier alpha value is -1.20. The third-order valence-corrected chi connectivity index (χ3v) is 2.20. The van der Waals surface area contributed by atoms with E-state index in [-0.39, 0.29) is 12.3 Å². The summed E-state index contributed by atoms with van der Waals surface area (Å²) < 4.78 is 36.6. The zero-order chi connectivity index (χ0) is 13.8. The van der Waals surface area contributed by atoms with Gasteiger partial charge < -0.3 is 14.8 Å². The van der Waals surface area contributed by atoms with Crippen LogP contribution in [-0.2, 0) is 11.3 Å². The molecule has 1 rings (SSSR count). The number of hydrogen-bond acceptors (Lipinski definition) is 3. The number of hydrogen-bond donors (Lipinski definition) is 1. The fourth-order valence-corrected chi connectivity index (χ4v) is 1.34. The zero-order valence-electron chi connectivity index (χ0n) is 11.1. The summed E-state index contributed by atoms with van der Waals surface area (Å²) >= 11 is 0. The molecular weight excluding hydrogens is 240 g/mol. The van der Waals surface area contributed by atoms with E-state index >= 15 is 0 Å². The van der Waals surface area contributed by atoms with E-state index in [1.807, 2.05) is 20.8 Å². The second-order valence-corrected chi connectivity index (χ2v) is 5.04. The molecule has 5 heteroatoms. The Morgan fingerprint density at radius 2 is 1.72 bits per heavy atom. The lowest BCUT2D eigenvalue weighted by molar-refractivity contribution is 0.0452. The molecule has 0 heterocycles. The van der Waals surface area contributed by atoms with E-state index < -0.39 is 17.4 Å². The van der Waals surface area contributed by atoms with Crippen molar-refractivity contribution >= 4 is 0 Å². The molecule has 0 aliphatic rings. The van der Waals surface area contributed by atoms with Crippen LogP contribution in [0.3, 0.4) is 0 Å². The number of ether oxygens (including phenoxy) is 2. The minimum absolute atomic E-state index is 0.113. The van der Waals surface area contributed by atoms with Crippen molar-refractivity contribution in [2.24, 2.45) is 0 Å². The minimum Gasteiger partial charge on any atom is -0.461 e. The molecule has 0 saturated carbocycles. The number of benzene rings is 1. The molecule has 0 bridgehead atoms. The van der Waals surface area contributed by atoms with Gasteiger partial charge in [-0.05, 0) is 38.5 Å². The van der Waals surface area contributed by atoms with Gasteiger partial charge in [0.1, 0.15) is 0 Å². The summed E-state index contributed by atoms with van der Waals surface area (Å²) in [5.41, 5.74) is 0.419. The van der Waals surface area contributed by atoms with E-state index in [4.69, 9.17) is 4.74 Å². The lowest BCUT2D eigenvalue weighted by Crippen LogP contribution is -2.35. The van der Waals surface area contributed by atoms with Gasteiger partial charge >= 0.3 is 0 Å². The number of nitrogens with one attached hydrogen (secondary N) is 1. The van der Waals surface area contributed by atoms with Gasteiger partial charge in [0.2, 0.25) is 0 Å². The monoisotopic (exact) mass is 259 g/mol. The van der Waals surface area contributed by atoms with E-state index in [2.05, 4.69) is 10.1 Å². The second kappa shape index (κ2) is 6.11. The molecule has 0 aromatic heterocycles. The van der Waals surface area contributed by atoms with Gasteiger partial charge in [0.05, 0.1) is 0 Å². The highest BCUT2D eigenvalue weighted by Gasteiger charge is 2.14. The minimum atomic E-state index is -0.724. The largest absolute Gasteiger partial charge is 0.461 e. The van der Waals surface area contributed by atoms with Crippen LogP contribution in [0.4, 0.5) is 8.78 Å². The Morgan fingerprint density at radius 3 is 2.17 bits per heavy atom. The first-order valence-electron chi connectivity index (χ1n) is 5.68. The van der Waals surface area contributed by atoms with Gasteiger partial charge in [-0.1, -0.05) is 0 Å². The Bertz CT molecular complexity index is 379. The topological polar surface area (TPSA) is 30.5 Å². The Kier molecular flexibility index (Phi) is 5.04. The molecule has 0 amide bonds. The quantitative estimate of drug-likeness (QED) is 0.825. The Labute approximate surface area is 106 Å². The SMILES string of the molecule is COCOc1c(F)cc(CNC(C)(C)C)cc1F. The molecule has 0 fully saturated rings. The summed E-state index contributed by atoms with van der Waals surface area (Å²) in [5.74, 6) is -1.85. The van der Waals surface area contributed by atoms with Gasteiger partial charge in [-0.25, -0.2) is 8.78 Å². The lowest BCUT2D eigenvalue weighted by atomic mass is 10.1. The van der Waals surface area contributed by atoms with Crippen molar-refractivity contribution in [1.29, 1.82) is 0 Å². The first kappa shape index (κ1) is 14.9. The fourth-order valence-electron chi connectivity index (χ4n) is 1.34. The average molecular weight is 259 g/mol. The molecule has 1 N–H and O–H groups in total. The van der Waals surface area contributed by atoms with Gasteiger partial charge in [0, 0.05) is 19.2 Å². The Balaban J connectivity index is 2.79. The van der Waals surface area contributed by atoms with Crippen molar-refractivity contribution in [3.63, 3.8) is 0 Å². The number of rotatable bonds is 5. The van der Waals surface area contributed by atoms with Crippen LogP contribution in [0.25, 0.3) is 0 Å². The predicted molar refractivity (Wildman–Crippen MR) is 65.5 cm³/mol. The highest BCUT2D eigenvalue weighted by Crippen LogP contribution is 2.23. The second-order valence-electron chi connectivity index (χ2n) is 5.04. The highest BCUT2D eigenvalue weighted by atomic mass is 19.1. The maximum Gasteiger partial charge on any atom is 0.193 e. The molecule has 0 aliphatic carbocycles. The van der Waals surface area contributed by atoms with Crippen LogP contribution in [-0.4, -0.2) is 19.4 Å². The van der Waals surface area contributed by atoms with Crippen LogP contribution in [0.15, 0.2) is 12.1 Å². The fraction of sp³-hybridized carbons (Fsp3) is 0.538. The van der Waals surface area contributed by atoms with E-state index in [1.54, 1.807) is 0 Å². The zero-order valence-corrected chi connectivity index (χ0v) is 11.1. The van der Waals surface area contributed by atoms with Crippen LogP contribution >= 0.6 is 0 Å². The standard InChI is InChI=1S/C13H19F2NO2/c1-13(2,3)16-7-9-5-10(14)12(11(15)6-9)18-8-17-4/h5-6,16H,7-8H2,1-4H3. The van der Waals surface area contributed by atoms with Crippen molar-refractivity contribution in [2.75, 3.05) is 13.9 Å². The summed E-state index contributed by atoms with van der Waals surface area (Å²) in [6, 6.07) is 2.51. The molecule has 0 radical (unpaired) electrons. The maximum absolute atomic E-state index is 13.6. The van der Waals surface area contributed by atoms with Crippen molar-refractivity contribution in [3.8, 4) is 5.75 Å². The lowest BCUT2D eigenvalue weighted by Gasteiger charge is -2.20. The van der Waals surface area contributed by atoms with E-state index in [0.29, 0.717) is 12.1 Å². The smallest absolute Gasteiger partial charge is 0.193 e. The first-order valence-corrected chi connectivity index (χ1v) is 5.68. The maximum atomic E-state index is 13.6. The van der Waals surface area contributed by atoms with E-state index in [9.17, 15) is 8.78 Å². The highest BCUT2D eigenvalue weighted by molar-refractivity contribution is 5.31. The van der Waals surface area contributed by atoms with E-state index in [1.165, 1.54) is 19.2 Å². The molecule has 0 spiro atoms. The molecule has 0 aliphatic heterocycles. The summed E-state index contributed by atoms with van der Waals surface area (Å²) in [4.78, 5) is 0. The molecule has 1 aromatic rings. The van der Waals surface area contributed by atoms with Gasteiger partial charge in [-0.15, -0.1) is 0 Å². The average Bonchev–Trinajstić information content (AvgIpc) is 2.24. The predicted octanol–water partition coefficient (Wildman–Crippen LogP) is 2.84. The summed E-state index contributed by atoms with van der Waals surface area (Å²) in [5, 5.41) is 3.16. The van der Waals surface area contributed by atoms with Gasteiger partial charge in [0.15, 0.2) is 24.2 Å². The summed E-state index contributed by atoms with van der Waals surface area (Å²) in [6.45, 7) is 6.15. The molecule has 18 heavy (non-hydrogen) atoms. The third kappa shape index (κ3) is 4.58. The van der Waals surface area contributed by atoms with Gasteiger partial charge in [-0.3, -0.25) is 0 Å². The number of halogens is 2. The summed E-state index contributed by atoms with van der Waals surface area (Å²) in [7, 11) is 1.39. The van der Waals surface area contributed by atoms with Crippen LogP contribution in [0.5, 0.6) is 5.75 Å². The molecular formula is C13H19F2NO2.